The van der Waals surface area contributed by atoms with Crippen LogP contribution in [-0.2, 0) is 0 Å². The largest absolute Gasteiger partial charge is 0.321 e. The first-order valence-corrected chi connectivity index (χ1v) is 8.69. The standard InChI is InChI=1S/C20H15N3O2S/c1-23(17-5-2-4-14(12-17)13-21)20(25)15-7-9-16(10-8-15)22-19(24)18-6-3-11-26-18/h2-12H,1H3,(H,22,24). The summed E-state index contributed by atoms with van der Waals surface area (Å²) < 4.78 is 0. The van der Waals surface area contributed by atoms with Crippen molar-refractivity contribution in [1.29, 1.82) is 5.26 Å². The molecule has 5 nitrogen and oxygen atoms in total. The van der Waals surface area contributed by atoms with E-state index >= 15 is 0 Å². The van der Waals surface area contributed by atoms with Crippen molar-refractivity contribution in [2.75, 3.05) is 17.3 Å². The van der Waals surface area contributed by atoms with Gasteiger partial charge in [0.15, 0.2) is 0 Å². The number of rotatable bonds is 4. The fraction of sp³-hybridized carbons (Fsp3) is 0.0500. The Bertz CT molecular complexity index is 973. The van der Waals surface area contributed by atoms with Gasteiger partial charge in [0.1, 0.15) is 0 Å². The van der Waals surface area contributed by atoms with Crippen LogP contribution >= 0.6 is 11.3 Å². The van der Waals surface area contributed by atoms with E-state index in [1.165, 1.54) is 16.2 Å². The number of benzene rings is 2. The summed E-state index contributed by atoms with van der Waals surface area (Å²) >= 11 is 1.37. The Hall–Kier alpha value is -3.43. The van der Waals surface area contributed by atoms with E-state index in [0.717, 1.165) is 0 Å². The lowest BCUT2D eigenvalue weighted by atomic mass is 10.1. The topological polar surface area (TPSA) is 73.2 Å². The molecule has 3 aromatic rings. The number of hydrogen-bond acceptors (Lipinski definition) is 4. The Labute approximate surface area is 155 Å². The van der Waals surface area contributed by atoms with Crippen molar-refractivity contribution in [1.82, 2.24) is 0 Å². The number of carbonyl (C=O) groups is 2. The molecule has 0 unspecified atom stereocenters. The van der Waals surface area contributed by atoms with E-state index in [1.54, 1.807) is 61.6 Å². The molecule has 0 radical (unpaired) electrons. The molecule has 1 aromatic heterocycles. The Morgan fingerprint density at radius 3 is 2.50 bits per heavy atom. The second-order valence-electron chi connectivity index (χ2n) is 5.54. The second kappa shape index (κ2) is 7.64. The minimum absolute atomic E-state index is 0.176. The first-order chi connectivity index (χ1) is 12.6. The molecule has 2 aromatic carbocycles. The summed E-state index contributed by atoms with van der Waals surface area (Å²) in [4.78, 5) is 26.8. The van der Waals surface area contributed by atoms with Crippen molar-refractivity contribution in [3.8, 4) is 6.07 Å². The summed E-state index contributed by atoms with van der Waals surface area (Å²) in [6.07, 6.45) is 0. The van der Waals surface area contributed by atoms with Gasteiger partial charge in [-0.3, -0.25) is 9.59 Å². The van der Waals surface area contributed by atoms with Crippen molar-refractivity contribution in [3.05, 3.63) is 82.0 Å². The van der Waals surface area contributed by atoms with Crippen LogP contribution in [0.25, 0.3) is 0 Å². The van der Waals surface area contributed by atoms with Crippen LogP contribution in [0.4, 0.5) is 11.4 Å². The van der Waals surface area contributed by atoms with Crippen LogP contribution in [0.2, 0.25) is 0 Å². The fourth-order valence-corrected chi connectivity index (χ4v) is 3.01. The Morgan fingerprint density at radius 2 is 1.85 bits per heavy atom. The third-order valence-electron chi connectivity index (χ3n) is 3.80. The molecule has 0 aliphatic rings. The van der Waals surface area contributed by atoms with Gasteiger partial charge in [0.2, 0.25) is 0 Å². The van der Waals surface area contributed by atoms with E-state index in [1.807, 2.05) is 11.4 Å². The molecule has 6 heteroatoms. The highest BCUT2D eigenvalue weighted by molar-refractivity contribution is 7.12. The van der Waals surface area contributed by atoms with E-state index in [9.17, 15) is 9.59 Å². The zero-order valence-electron chi connectivity index (χ0n) is 14.0. The Morgan fingerprint density at radius 1 is 1.08 bits per heavy atom. The molecule has 0 bridgehead atoms. The predicted octanol–water partition coefficient (Wildman–Crippen LogP) is 4.15. The van der Waals surface area contributed by atoms with Crippen LogP contribution in [0.3, 0.4) is 0 Å². The molecule has 0 saturated carbocycles. The second-order valence-corrected chi connectivity index (χ2v) is 6.48. The number of amides is 2. The third kappa shape index (κ3) is 3.79. The lowest BCUT2D eigenvalue weighted by Gasteiger charge is -2.17. The fourth-order valence-electron chi connectivity index (χ4n) is 2.39. The van der Waals surface area contributed by atoms with Crippen molar-refractivity contribution >= 4 is 34.5 Å². The van der Waals surface area contributed by atoms with Gasteiger partial charge in [0, 0.05) is 24.0 Å². The first-order valence-electron chi connectivity index (χ1n) is 7.81. The first kappa shape index (κ1) is 17.4. The van der Waals surface area contributed by atoms with Gasteiger partial charge in [-0.1, -0.05) is 12.1 Å². The van der Waals surface area contributed by atoms with E-state index in [4.69, 9.17) is 5.26 Å². The Kier molecular flexibility index (Phi) is 5.11. The molecular weight excluding hydrogens is 346 g/mol. The normalized spacial score (nSPS) is 10.0. The zero-order chi connectivity index (χ0) is 18.5. The molecule has 0 aliphatic carbocycles. The van der Waals surface area contributed by atoms with E-state index in [0.29, 0.717) is 27.4 Å². The number of nitrogens with zero attached hydrogens (tertiary/aromatic N) is 2. The number of hydrogen-bond donors (Lipinski definition) is 1. The van der Waals surface area contributed by atoms with Crippen LogP contribution in [0.5, 0.6) is 0 Å². The maximum Gasteiger partial charge on any atom is 0.265 e. The van der Waals surface area contributed by atoms with E-state index < -0.39 is 0 Å². The van der Waals surface area contributed by atoms with Gasteiger partial charge in [-0.25, -0.2) is 0 Å². The summed E-state index contributed by atoms with van der Waals surface area (Å²) in [6, 6.07) is 19.2. The molecule has 128 valence electrons. The van der Waals surface area contributed by atoms with Crippen LogP contribution in [-0.4, -0.2) is 18.9 Å². The average molecular weight is 361 g/mol. The van der Waals surface area contributed by atoms with Crippen LogP contribution in [0.1, 0.15) is 25.6 Å². The van der Waals surface area contributed by atoms with Crippen molar-refractivity contribution in [2.24, 2.45) is 0 Å². The van der Waals surface area contributed by atoms with Crippen LogP contribution in [0.15, 0.2) is 66.0 Å². The molecule has 0 atom stereocenters. The number of thiophene rings is 1. The molecule has 0 saturated heterocycles. The predicted molar refractivity (Wildman–Crippen MR) is 103 cm³/mol. The third-order valence-corrected chi connectivity index (χ3v) is 4.67. The number of nitrogens with one attached hydrogen (secondary N) is 1. The zero-order valence-corrected chi connectivity index (χ0v) is 14.8. The number of carbonyl (C=O) groups excluding carboxylic acids is 2. The van der Waals surface area contributed by atoms with Crippen LogP contribution < -0.4 is 10.2 Å². The smallest absolute Gasteiger partial charge is 0.265 e. The van der Waals surface area contributed by atoms with E-state index in [-0.39, 0.29) is 11.8 Å². The van der Waals surface area contributed by atoms with Gasteiger partial charge < -0.3 is 10.2 Å². The lowest BCUT2D eigenvalue weighted by molar-refractivity contribution is 0.0991. The summed E-state index contributed by atoms with van der Waals surface area (Å²) in [5, 5.41) is 13.6. The highest BCUT2D eigenvalue weighted by atomic mass is 32.1. The molecule has 3 rings (SSSR count). The average Bonchev–Trinajstić information content (AvgIpc) is 3.22. The van der Waals surface area contributed by atoms with E-state index in [2.05, 4.69) is 11.4 Å². The molecule has 0 spiro atoms. The lowest BCUT2D eigenvalue weighted by Crippen LogP contribution is -2.26. The minimum atomic E-state index is -0.198. The maximum atomic E-state index is 12.6. The minimum Gasteiger partial charge on any atom is -0.321 e. The molecular formula is C20H15N3O2S. The SMILES string of the molecule is CN(C(=O)c1ccc(NC(=O)c2cccs2)cc1)c1cccc(C#N)c1. The molecule has 0 aliphatic heterocycles. The monoisotopic (exact) mass is 361 g/mol. The summed E-state index contributed by atoms with van der Waals surface area (Å²) in [7, 11) is 1.66. The van der Waals surface area contributed by atoms with Crippen molar-refractivity contribution in [2.45, 2.75) is 0 Å². The summed E-state index contributed by atoms with van der Waals surface area (Å²) in [5.41, 5.74) is 2.25. The number of nitriles is 1. The Balaban J connectivity index is 1.72. The van der Waals surface area contributed by atoms with Gasteiger partial charge in [-0.15, -0.1) is 11.3 Å². The summed E-state index contributed by atoms with van der Waals surface area (Å²) in [6.45, 7) is 0. The molecule has 1 heterocycles. The summed E-state index contributed by atoms with van der Waals surface area (Å²) in [5.74, 6) is -0.374. The maximum absolute atomic E-state index is 12.6. The van der Waals surface area contributed by atoms with Crippen molar-refractivity contribution in [3.63, 3.8) is 0 Å². The molecule has 0 fully saturated rings. The van der Waals surface area contributed by atoms with Gasteiger partial charge in [-0.05, 0) is 53.9 Å². The highest BCUT2D eigenvalue weighted by Gasteiger charge is 2.14. The quantitative estimate of drug-likeness (QED) is 0.759. The molecule has 1 N–H and O–H groups in total. The van der Waals surface area contributed by atoms with Gasteiger partial charge >= 0.3 is 0 Å². The van der Waals surface area contributed by atoms with Crippen molar-refractivity contribution < 1.29 is 9.59 Å². The molecule has 26 heavy (non-hydrogen) atoms. The molecule has 2 amide bonds. The van der Waals surface area contributed by atoms with Gasteiger partial charge in [0.25, 0.3) is 11.8 Å². The van der Waals surface area contributed by atoms with Crippen LogP contribution in [0, 0.1) is 11.3 Å². The van der Waals surface area contributed by atoms with Gasteiger partial charge in [0.05, 0.1) is 16.5 Å². The van der Waals surface area contributed by atoms with Gasteiger partial charge in [-0.2, -0.15) is 5.26 Å². The number of anilines is 2. The highest BCUT2D eigenvalue weighted by Crippen LogP contribution is 2.19.